The number of aromatic nitrogens is 1. The molecule has 3 aromatic carbocycles. The van der Waals surface area contributed by atoms with Crippen molar-refractivity contribution in [2.45, 2.75) is 51.6 Å². The number of halogens is 1. The third-order valence-electron chi connectivity index (χ3n) is 7.81. The topological polar surface area (TPSA) is 91.0 Å². The van der Waals surface area contributed by atoms with Crippen LogP contribution in [0, 0.1) is 19.7 Å². The van der Waals surface area contributed by atoms with E-state index < -0.39 is 5.97 Å². The van der Waals surface area contributed by atoms with Crippen molar-refractivity contribution in [3.63, 3.8) is 0 Å². The summed E-state index contributed by atoms with van der Waals surface area (Å²) in [5, 5.41) is 9.13. The van der Waals surface area contributed by atoms with Crippen molar-refractivity contribution in [1.82, 2.24) is 4.98 Å². The van der Waals surface area contributed by atoms with Crippen molar-refractivity contribution >= 4 is 5.97 Å². The second-order valence-corrected chi connectivity index (χ2v) is 10.5. The van der Waals surface area contributed by atoms with Crippen molar-refractivity contribution in [2.75, 3.05) is 13.2 Å². The SMILES string of the molecule is Cc1cc(OCc2ncco2)cc(C)c1-c1ccc(F)c2c1CCC2COc1ccc2c(c1)OC[C@H]2CC(=O)O. The van der Waals surface area contributed by atoms with Gasteiger partial charge in [0.05, 0.1) is 25.8 Å². The van der Waals surface area contributed by atoms with Crippen LogP contribution in [0.25, 0.3) is 11.1 Å². The first-order valence-corrected chi connectivity index (χ1v) is 13.4. The molecule has 40 heavy (non-hydrogen) atoms. The molecule has 1 aromatic heterocycles. The summed E-state index contributed by atoms with van der Waals surface area (Å²) in [4.78, 5) is 15.2. The van der Waals surface area contributed by atoms with Gasteiger partial charge in [0.2, 0.25) is 5.89 Å². The van der Waals surface area contributed by atoms with Crippen molar-refractivity contribution < 1.29 is 32.9 Å². The van der Waals surface area contributed by atoms with Gasteiger partial charge in [-0.15, -0.1) is 0 Å². The van der Waals surface area contributed by atoms with E-state index in [9.17, 15) is 4.79 Å². The molecular formula is C32H30FNO6. The Morgan fingerprint density at radius 1 is 1.07 bits per heavy atom. The maximum Gasteiger partial charge on any atom is 0.304 e. The normalized spacial score (nSPS) is 17.3. The Morgan fingerprint density at radius 3 is 2.65 bits per heavy atom. The molecule has 6 rings (SSSR count). The molecule has 2 atom stereocenters. The van der Waals surface area contributed by atoms with E-state index in [1.165, 1.54) is 6.26 Å². The lowest BCUT2D eigenvalue weighted by molar-refractivity contribution is -0.137. The Labute approximate surface area is 231 Å². The minimum absolute atomic E-state index is 0.0325. The van der Waals surface area contributed by atoms with Gasteiger partial charge in [-0.3, -0.25) is 4.79 Å². The molecule has 1 N–H and O–H groups in total. The summed E-state index contributed by atoms with van der Waals surface area (Å²) in [7, 11) is 0. The van der Waals surface area contributed by atoms with Gasteiger partial charge in [0.15, 0.2) is 6.61 Å². The first-order valence-electron chi connectivity index (χ1n) is 13.4. The summed E-state index contributed by atoms with van der Waals surface area (Å²) in [6.45, 7) is 5.03. The van der Waals surface area contributed by atoms with Gasteiger partial charge in [-0.2, -0.15) is 0 Å². The number of benzene rings is 3. The smallest absolute Gasteiger partial charge is 0.304 e. The van der Waals surface area contributed by atoms with E-state index in [2.05, 4.69) is 4.98 Å². The average molecular weight is 544 g/mol. The third-order valence-corrected chi connectivity index (χ3v) is 7.81. The number of carboxylic acid groups (broad SMARTS) is 1. The molecule has 1 unspecified atom stereocenters. The summed E-state index contributed by atoms with van der Waals surface area (Å²) in [5.74, 6) is 1.24. The fourth-order valence-corrected chi connectivity index (χ4v) is 6.04. The van der Waals surface area contributed by atoms with Crippen LogP contribution in [0.1, 0.15) is 58.4 Å². The zero-order valence-electron chi connectivity index (χ0n) is 22.4. The Hall–Kier alpha value is -4.33. The lowest BCUT2D eigenvalue weighted by atomic mass is 9.89. The number of aryl methyl sites for hydroxylation is 2. The fourth-order valence-electron chi connectivity index (χ4n) is 6.04. The fraction of sp³-hybridized carbons (Fsp3) is 0.312. The highest BCUT2D eigenvalue weighted by molar-refractivity contribution is 5.76. The van der Waals surface area contributed by atoms with E-state index in [1.54, 1.807) is 18.3 Å². The number of aliphatic carboxylic acids is 1. The van der Waals surface area contributed by atoms with E-state index in [4.69, 9.17) is 23.7 Å². The van der Waals surface area contributed by atoms with E-state index in [1.807, 2.05) is 44.2 Å². The Kier molecular flexibility index (Phi) is 6.92. The predicted octanol–water partition coefficient (Wildman–Crippen LogP) is 6.74. The lowest BCUT2D eigenvalue weighted by Crippen LogP contribution is -2.09. The van der Waals surface area contributed by atoms with Crippen LogP contribution in [-0.2, 0) is 17.8 Å². The van der Waals surface area contributed by atoms with Crippen LogP contribution in [0.15, 0.2) is 59.3 Å². The zero-order chi connectivity index (χ0) is 27.8. The molecule has 1 aliphatic heterocycles. The molecule has 8 heteroatoms. The number of oxazole rings is 1. The number of hydrogen-bond donors (Lipinski definition) is 1. The van der Waals surface area contributed by atoms with Gasteiger partial charge in [0.1, 0.15) is 29.3 Å². The van der Waals surface area contributed by atoms with E-state index >= 15 is 4.39 Å². The molecule has 2 aliphatic rings. The van der Waals surface area contributed by atoms with Crippen molar-refractivity contribution in [3.05, 3.63) is 94.4 Å². The zero-order valence-corrected chi connectivity index (χ0v) is 22.4. The molecule has 4 aromatic rings. The van der Waals surface area contributed by atoms with Crippen LogP contribution in [-0.4, -0.2) is 29.3 Å². The maximum absolute atomic E-state index is 15.2. The van der Waals surface area contributed by atoms with E-state index in [0.717, 1.165) is 57.5 Å². The highest BCUT2D eigenvalue weighted by atomic mass is 19.1. The highest BCUT2D eigenvalue weighted by Gasteiger charge is 2.31. The van der Waals surface area contributed by atoms with E-state index in [-0.39, 0.29) is 30.7 Å². The van der Waals surface area contributed by atoms with Crippen LogP contribution >= 0.6 is 0 Å². The van der Waals surface area contributed by atoms with Crippen LogP contribution in [0.2, 0.25) is 0 Å². The van der Waals surface area contributed by atoms with Gasteiger partial charge in [-0.1, -0.05) is 12.1 Å². The quantitative estimate of drug-likeness (QED) is 0.250. The summed E-state index contributed by atoms with van der Waals surface area (Å²) in [5.41, 5.74) is 6.87. The molecule has 0 amide bonds. The summed E-state index contributed by atoms with van der Waals surface area (Å²) in [6, 6.07) is 12.9. The second-order valence-electron chi connectivity index (χ2n) is 10.5. The number of hydrogen-bond acceptors (Lipinski definition) is 6. The number of nitrogens with zero attached hydrogens (tertiary/aromatic N) is 1. The maximum atomic E-state index is 15.2. The minimum atomic E-state index is -0.847. The second kappa shape index (κ2) is 10.7. The molecule has 206 valence electrons. The number of fused-ring (bicyclic) bond motifs is 2. The van der Waals surface area contributed by atoms with Crippen molar-refractivity contribution in [1.29, 1.82) is 0 Å². The Balaban J connectivity index is 1.20. The van der Waals surface area contributed by atoms with Gasteiger partial charge >= 0.3 is 5.97 Å². The minimum Gasteiger partial charge on any atom is -0.493 e. The molecule has 7 nitrogen and oxygen atoms in total. The lowest BCUT2D eigenvalue weighted by Gasteiger charge is -2.18. The van der Waals surface area contributed by atoms with Crippen molar-refractivity contribution in [3.8, 4) is 28.4 Å². The first-order chi connectivity index (χ1) is 19.4. The molecular weight excluding hydrogens is 513 g/mol. The predicted molar refractivity (Wildman–Crippen MR) is 146 cm³/mol. The third kappa shape index (κ3) is 5.01. The first kappa shape index (κ1) is 25.9. The number of carboxylic acids is 1. The molecule has 0 fully saturated rings. The van der Waals surface area contributed by atoms with Crippen LogP contribution in [0.3, 0.4) is 0 Å². The number of carbonyl (C=O) groups is 1. The van der Waals surface area contributed by atoms with Gasteiger partial charge in [-0.05, 0) is 84.3 Å². The molecule has 0 spiro atoms. The molecule has 0 saturated heterocycles. The van der Waals surface area contributed by atoms with Crippen LogP contribution in [0.4, 0.5) is 4.39 Å². The van der Waals surface area contributed by atoms with Crippen LogP contribution < -0.4 is 14.2 Å². The van der Waals surface area contributed by atoms with Gasteiger partial charge in [0.25, 0.3) is 0 Å². The highest BCUT2D eigenvalue weighted by Crippen LogP contribution is 2.44. The van der Waals surface area contributed by atoms with E-state index in [0.29, 0.717) is 30.6 Å². The summed E-state index contributed by atoms with van der Waals surface area (Å²) < 4.78 is 38.2. The standard InChI is InChI=1S/C32H30FNO6/c1-18-11-23(39-17-29-34-9-10-37-29)12-19(2)31(18)25-7-8-27(33)32-20(3-5-26(25)32)15-38-22-4-6-24-21(13-30(35)36)16-40-28(24)14-22/h4,6-12,14,20-21H,3,5,13,15-17H2,1-2H3,(H,35,36)/t20?,21-/m1/s1. The molecule has 2 heterocycles. The number of rotatable bonds is 9. The van der Waals surface area contributed by atoms with Crippen molar-refractivity contribution in [2.24, 2.45) is 0 Å². The summed E-state index contributed by atoms with van der Waals surface area (Å²) >= 11 is 0. The summed E-state index contributed by atoms with van der Waals surface area (Å²) in [6.07, 6.45) is 4.70. The molecule has 0 bridgehead atoms. The Bertz CT molecular complexity index is 1540. The average Bonchev–Trinajstić information content (AvgIpc) is 3.68. The monoisotopic (exact) mass is 543 g/mol. The van der Waals surface area contributed by atoms with Gasteiger partial charge in [0, 0.05) is 23.5 Å². The molecule has 0 saturated carbocycles. The van der Waals surface area contributed by atoms with Gasteiger partial charge < -0.3 is 23.7 Å². The largest absolute Gasteiger partial charge is 0.493 e. The molecule has 0 radical (unpaired) electrons. The Morgan fingerprint density at radius 2 is 1.90 bits per heavy atom. The van der Waals surface area contributed by atoms with Crippen LogP contribution in [0.5, 0.6) is 17.2 Å². The molecule has 1 aliphatic carbocycles. The van der Waals surface area contributed by atoms with Gasteiger partial charge in [-0.25, -0.2) is 9.37 Å². The number of ether oxygens (including phenoxy) is 3.